The first-order valence-corrected chi connectivity index (χ1v) is 8.65. The lowest BCUT2D eigenvalue weighted by molar-refractivity contribution is 0.0942. The molecule has 0 aliphatic carbocycles. The monoisotopic (exact) mass is 350 g/mol. The maximum atomic E-state index is 12.9. The fourth-order valence-electron chi connectivity index (χ4n) is 2.87. The zero-order valence-electron chi connectivity index (χ0n) is 15.2. The minimum atomic E-state index is -0.333. The Morgan fingerprint density at radius 3 is 2.46 bits per heavy atom. The van der Waals surface area contributed by atoms with Crippen molar-refractivity contribution in [2.24, 2.45) is 0 Å². The molecule has 0 unspecified atom stereocenters. The van der Waals surface area contributed by atoms with E-state index >= 15 is 0 Å². The van der Waals surface area contributed by atoms with Crippen LogP contribution in [0.3, 0.4) is 0 Å². The van der Waals surface area contributed by atoms with E-state index in [0.717, 1.165) is 23.2 Å². The lowest BCUT2D eigenvalue weighted by atomic mass is 10.1. The average Bonchev–Trinajstić information content (AvgIpc) is 3.02. The van der Waals surface area contributed by atoms with Gasteiger partial charge in [0.15, 0.2) is 5.69 Å². The summed E-state index contributed by atoms with van der Waals surface area (Å²) in [7, 11) is 0. The van der Waals surface area contributed by atoms with E-state index < -0.39 is 0 Å². The van der Waals surface area contributed by atoms with E-state index in [1.807, 2.05) is 45.0 Å². The molecule has 26 heavy (non-hydrogen) atoms. The fraction of sp³-hybridized carbons (Fsp3) is 0.250. The Hall–Kier alpha value is -3.15. The van der Waals surface area contributed by atoms with Crippen molar-refractivity contribution in [3.05, 3.63) is 65.2 Å². The molecule has 6 nitrogen and oxygen atoms in total. The van der Waals surface area contributed by atoms with E-state index in [1.165, 1.54) is 0 Å². The van der Waals surface area contributed by atoms with Crippen LogP contribution in [0.2, 0.25) is 0 Å². The Morgan fingerprint density at radius 1 is 1.04 bits per heavy atom. The number of aryl methyl sites for hydroxylation is 2. The van der Waals surface area contributed by atoms with Gasteiger partial charge >= 0.3 is 0 Å². The van der Waals surface area contributed by atoms with Crippen LogP contribution in [0.25, 0.3) is 5.52 Å². The van der Waals surface area contributed by atoms with Gasteiger partial charge in [-0.3, -0.25) is 14.0 Å². The van der Waals surface area contributed by atoms with Gasteiger partial charge in [-0.25, -0.2) is 4.98 Å². The molecular formula is C20H22N4O2. The molecule has 6 heteroatoms. The average molecular weight is 350 g/mol. The number of aromatic nitrogens is 2. The molecule has 0 fully saturated rings. The quantitative estimate of drug-likeness (QED) is 0.741. The van der Waals surface area contributed by atoms with Crippen LogP contribution in [-0.2, 0) is 0 Å². The SMILES string of the molecule is CCCNC(=O)c1nc(C(=O)Nc2c(C)cccc2C)c2ccccn12. The number of amides is 2. The van der Waals surface area contributed by atoms with Gasteiger partial charge in [0.1, 0.15) is 0 Å². The van der Waals surface area contributed by atoms with Gasteiger partial charge in [0, 0.05) is 18.4 Å². The first-order valence-electron chi connectivity index (χ1n) is 8.65. The maximum Gasteiger partial charge on any atom is 0.287 e. The van der Waals surface area contributed by atoms with Gasteiger partial charge in [-0.05, 0) is 43.5 Å². The molecule has 0 atom stereocenters. The first kappa shape index (κ1) is 17.7. The second-order valence-electron chi connectivity index (χ2n) is 6.22. The summed E-state index contributed by atoms with van der Waals surface area (Å²) in [5, 5.41) is 5.74. The van der Waals surface area contributed by atoms with Crippen molar-refractivity contribution >= 4 is 23.0 Å². The number of nitrogens with zero attached hydrogens (tertiary/aromatic N) is 2. The smallest absolute Gasteiger partial charge is 0.287 e. The van der Waals surface area contributed by atoms with Crippen molar-refractivity contribution in [2.45, 2.75) is 27.2 Å². The Bertz CT molecular complexity index is 955. The summed E-state index contributed by atoms with van der Waals surface area (Å²) in [6.45, 7) is 6.42. The number of pyridine rings is 1. The van der Waals surface area contributed by atoms with Crippen molar-refractivity contribution < 1.29 is 9.59 Å². The highest BCUT2D eigenvalue weighted by Gasteiger charge is 2.21. The zero-order chi connectivity index (χ0) is 18.7. The third-order valence-electron chi connectivity index (χ3n) is 4.22. The molecule has 0 aliphatic heterocycles. The summed E-state index contributed by atoms with van der Waals surface area (Å²) in [4.78, 5) is 29.6. The summed E-state index contributed by atoms with van der Waals surface area (Å²) in [5.41, 5.74) is 3.55. The number of hydrogen-bond acceptors (Lipinski definition) is 3. The largest absolute Gasteiger partial charge is 0.349 e. The van der Waals surface area contributed by atoms with Crippen LogP contribution in [0.5, 0.6) is 0 Å². The number of para-hydroxylation sites is 1. The molecule has 0 bridgehead atoms. The van der Waals surface area contributed by atoms with E-state index in [1.54, 1.807) is 22.7 Å². The van der Waals surface area contributed by atoms with Gasteiger partial charge in [-0.1, -0.05) is 31.2 Å². The van der Waals surface area contributed by atoms with E-state index in [-0.39, 0.29) is 23.3 Å². The lowest BCUT2D eigenvalue weighted by Crippen LogP contribution is -2.26. The molecule has 0 spiro atoms. The van der Waals surface area contributed by atoms with Crippen molar-refractivity contribution in [2.75, 3.05) is 11.9 Å². The Balaban J connectivity index is 2.00. The molecular weight excluding hydrogens is 328 g/mol. The number of imidazole rings is 1. The van der Waals surface area contributed by atoms with Gasteiger partial charge in [0.25, 0.3) is 11.8 Å². The second-order valence-corrected chi connectivity index (χ2v) is 6.22. The molecule has 0 radical (unpaired) electrons. The zero-order valence-corrected chi connectivity index (χ0v) is 15.2. The molecule has 2 aromatic heterocycles. The molecule has 3 aromatic rings. The number of nitrogens with one attached hydrogen (secondary N) is 2. The third-order valence-corrected chi connectivity index (χ3v) is 4.22. The van der Waals surface area contributed by atoms with Crippen LogP contribution in [0, 0.1) is 13.8 Å². The number of fused-ring (bicyclic) bond motifs is 1. The number of carbonyl (C=O) groups is 2. The Labute approximate surface area is 152 Å². The second kappa shape index (κ2) is 7.39. The third kappa shape index (κ3) is 3.31. The van der Waals surface area contributed by atoms with Crippen LogP contribution >= 0.6 is 0 Å². The van der Waals surface area contributed by atoms with E-state index in [2.05, 4.69) is 15.6 Å². The number of carbonyl (C=O) groups excluding carboxylic acids is 2. The highest BCUT2D eigenvalue weighted by atomic mass is 16.2. The van der Waals surface area contributed by atoms with E-state index in [9.17, 15) is 9.59 Å². The molecule has 1 aromatic carbocycles. The van der Waals surface area contributed by atoms with Crippen LogP contribution in [0.1, 0.15) is 45.6 Å². The van der Waals surface area contributed by atoms with Crippen molar-refractivity contribution in [3.63, 3.8) is 0 Å². The summed E-state index contributed by atoms with van der Waals surface area (Å²) < 4.78 is 1.64. The number of rotatable bonds is 5. The minimum absolute atomic E-state index is 0.209. The van der Waals surface area contributed by atoms with E-state index in [0.29, 0.717) is 12.1 Å². The number of benzene rings is 1. The fourth-order valence-corrected chi connectivity index (χ4v) is 2.87. The van der Waals surface area contributed by atoms with Crippen LogP contribution < -0.4 is 10.6 Å². The predicted molar refractivity (Wildman–Crippen MR) is 102 cm³/mol. The Morgan fingerprint density at radius 2 is 1.77 bits per heavy atom. The summed E-state index contributed by atoms with van der Waals surface area (Å²) >= 11 is 0. The molecule has 2 amide bonds. The van der Waals surface area contributed by atoms with Gasteiger partial charge in [0.2, 0.25) is 5.82 Å². The summed E-state index contributed by atoms with van der Waals surface area (Å²) in [5.74, 6) is -0.416. The molecule has 3 rings (SSSR count). The number of anilines is 1. The maximum absolute atomic E-state index is 12.9. The van der Waals surface area contributed by atoms with Crippen molar-refractivity contribution in [1.29, 1.82) is 0 Å². The van der Waals surface area contributed by atoms with Crippen LogP contribution in [0.15, 0.2) is 42.6 Å². The molecule has 2 N–H and O–H groups in total. The molecule has 0 saturated carbocycles. The van der Waals surface area contributed by atoms with Gasteiger partial charge in [-0.15, -0.1) is 0 Å². The molecule has 2 heterocycles. The van der Waals surface area contributed by atoms with E-state index in [4.69, 9.17) is 0 Å². The van der Waals surface area contributed by atoms with Gasteiger partial charge in [-0.2, -0.15) is 0 Å². The van der Waals surface area contributed by atoms with Crippen molar-refractivity contribution in [1.82, 2.24) is 14.7 Å². The lowest BCUT2D eigenvalue weighted by Gasteiger charge is -2.10. The van der Waals surface area contributed by atoms with Gasteiger partial charge in [0.05, 0.1) is 5.52 Å². The molecule has 134 valence electrons. The molecule has 0 saturated heterocycles. The summed E-state index contributed by atoms with van der Waals surface area (Å²) in [6.07, 6.45) is 2.56. The standard InChI is InChI=1S/C20H22N4O2/c1-4-11-21-20(26)18-22-17(15-10-5-6-12-24(15)18)19(25)23-16-13(2)8-7-9-14(16)3/h5-10,12H,4,11H2,1-3H3,(H,21,26)(H,23,25). The summed E-state index contributed by atoms with van der Waals surface area (Å²) in [6, 6.07) is 11.2. The first-order chi connectivity index (χ1) is 12.5. The number of hydrogen-bond donors (Lipinski definition) is 2. The highest BCUT2D eigenvalue weighted by Crippen LogP contribution is 2.21. The van der Waals surface area contributed by atoms with Crippen molar-refractivity contribution in [3.8, 4) is 0 Å². The van der Waals surface area contributed by atoms with Crippen LogP contribution in [0.4, 0.5) is 5.69 Å². The predicted octanol–water partition coefficient (Wildman–Crippen LogP) is 3.34. The van der Waals surface area contributed by atoms with Gasteiger partial charge < -0.3 is 10.6 Å². The Kier molecular flexibility index (Phi) is 5.02. The van der Waals surface area contributed by atoms with Crippen LogP contribution in [-0.4, -0.2) is 27.7 Å². The normalized spacial score (nSPS) is 10.7. The molecule has 0 aliphatic rings. The minimum Gasteiger partial charge on any atom is -0.349 e. The highest BCUT2D eigenvalue weighted by molar-refractivity contribution is 6.09. The topological polar surface area (TPSA) is 75.5 Å².